The van der Waals surface area contributed by atoms with Crippen LogP contribution in [0.5, 0.6) is 0 Å². The Morgan fingerprint density at radius 2 is 1.90 bits per heavy atom. The third kappa shape index (κ3) is 6.91. The van der Waals surface area contributed by atoms with Crippen LogP contribution in [0.15, 0.2) is 52.4 Å². The Balaban J connectivity index is 0.00000320. The summed E-state index contributed by atoms with van der Waals surface area (Å²) in [6.45, 7) is 5.10. The second-order valence-corrected chi connectivity index (χ2v) is 8.18. The van der Waals surface area contributed by atoms with E-state index in [0.29, 0.717) is 19.5 Å². The zero-order valence-electron chi connectivity index (χ0n) is 17.9. The van der Waals surface area contributed by atoms with Gasteiger partial charge in [0.2, 0.25) is 5.91 Å². The molecule has 2 aromatic carbocycles. The number of carbonyl (C=O) groups is 1. The molecule has 0 bridgehead atoms. The van der Waals surface area contributed by atoms with Crippen LogP contribution in [-0.2, 0) is 24.4 Å². The number of carbonyl (C=O) groups excluding carboxylic acids is 1. The Morgan fingerprint density at radius 1 is 1.13 bits per heavy atom. The minimum Gasteiger partial charge on any atom is -0.352 e. The highest BCUT2D eigenvalue weighted by Crippen LogP contribution is 2.21. The maximum Gasteiger partial charge on any atom is 0.222 e. The molecule has 0 atom stereocenters. The number of thioether (sulfide) groups is 1. The van der Waals surface area contributed by atoms with E-state index in [-0.39, 0.29) is 29.9 Å². The fraction of sp³-hybridized carbons (Fsp3) is 0.391. The summed E-state index contributed by atoms with van der Waals surface area (Å²) in [5.74, 6) is 1.04. The molecule has 7 heteroatoms. The smallest absolute Gasteiger partial charge is 0.222 e. The van der Waals surface area contributed by atoms with Crippen LogP contribution in [0.1, 0.15) is 35.1 Å². The number of aliphatic imine (C=N–C) groups is 1. The lowest BCUT2D eigenvalue weighted by molar-refractivity contribution is -0.128. The van der Waals surface area contributed by atoms with E-state index >= 15 is 0 Å². The Bertz CT molecular complexity index is 887. The number of rotatable bonds is 7. The van der Waals surface area contributed by atoms with Gasteiger partial charge in [0.25, 0.3) is 0 Å². The van der Waals surface area contributed by atoms with Crippen molar-refractivity contribution in [3.8, 4) is 0 Å². The molecule has 1 saturated heterocycles. The molecule has 162 valence electrons. The minimum atomic E-state index is 0. The van der Waals surface area contributed by atoms with E-state index in [4.69, 9.17) is 0 Å². The van der Waals surface area contributed by atoms with Crippen molar-refractivity contribution in [2.75, 3.05) is 19.8 Å². The second kappa shape index (κ2) is 12.2. The van der Waals surface area contributed by atoms with Crippen molar-refractivity contribution in [3.63, 3.8) is 0 Å². The van der Waals surface area contributed by atoms with Gasteiger partial charge in [0, 0.05) is 44.5 Å². The van der Waals surface area contributed by atoms with Crippen molar-refractivity contribution in [1.29, 1.82) is 0 Å². The number of hydrogen-bond donors (Lipinski definition) is 2. The molecule has 0 aromatic heterocycles. The molecule has 1 aliphatic heterocycles. The predicted molar refractivity (Wildman–Crippen MR) is 137 cm³/mol. The van der Waals surface area contributed by atoms with Gasteiger partial charge in [0.05, 0.1) is 0 Å². The van der Waals surface area contributed by atoms with Gasteiger partial charge in [-0.3, -0.25) is 9.79 Å². The number of benzene rings is 2. The van der Waals surface area contributed by atoms with Crippen LogP contribution < -0.4 is 10.6 Å². The van der Waals surface area contributed by atoms with Gasteiger partial charge in [-0.2, -0.15) is 0 Å². The molecule has 2 N–H and O–H groups in total. The van der Waals surface area contributed by atoms with E-state index in [1.54, 1.807) is 18.8 Å². The van der Waals surface area contributed by atoms with Crippen molar-refractivity contribution < 1.29 is 4.79 Å². The lowest BCUT2D eigenvalue weighted by Gasteiger charge is -2.17. The Hall–Kier alpha value is -1.74. The van der Waals surface area contributed by atoms with E-state index in [2.05, 4.69) is 71.3 Å². The van der Waals surface area contributed by atoms with Gasteiger partial charge in [0.1, 0.15) is 0 Å². The van der Waals surface area contributed by atoms with Crippen LogP contribution in [0, 0.1) is 6.92 Å². The van der Waals surface area contributed by atoms with Crippen molar-refractivity contribution in [3.05, 3.63) is 64.7 Å². The molecule has 3 rings (SSSR count). The first-order valence-corrected chi connectivity index (χ1v) is 11.2. The summed E-state index contributed by atoms with van der Waals surface area (Å²) in [4.78, 5) is 19.4. The van der Waals surface area contributed by atoms with Gasteiger partial charge in [0.15, 0.2) is 5.96 Å². The second-order valence-electron chi connectivity index (χ2n) is 7.33. The molecule has 1 heterocycles. The van der Waals surface area contributed by atoms with Crippen LogP contribution in [0.3, 0.4) is 0 Å². The van der Waals surface area contributed by atoms with Gasteiger partial charge in [-0.05, 0) is 47.9 Å². The third-order valence-electron chi connectivity index (χ3n) is 5.11. The van der Waals surface area contributed by atoms with Gasteiger partial charge in [-0.1, -0.05) is 36.4 Å². The lowest BCUT2D eigenvalue weighted by atomic mass is 10.1. The molecule has 0 radical (unpaired) electrons. The first-order valence-electron chi connectivity index (χ1n) is 10.0. The largest absolute Gasteiger partial charge is 0.352 e. The monoisotopic (exact) mass is 538 g/mol. The predicted octanol–water partition coefficient (Wildman–Crippen LogP) is 4.32. The highest BCUT2D eigenvalue weighted by molar-refractivity contribution is 14.0. The van der Waals surface area contributed by atoms with E-state index in [1.165, 1.54) is 27.1 Å². The maximum atomic E-state index is 11.9. The molecule has 0 aliphatic carbocycles. The zero-order chi connectivity index (χ0) is 20.6. The highest BCUT2D eigenvalue weighted by Gasteiger charge is 2.19. The number of nitrogens with zero attached hydrogens (tertiary/aromatic N) is 2. The molecular formula is C23H31IN4OS. The summed E-state index contributed by atoms with van der Waals surface area (Å²) < 4.78 is 0. The van der Waals surface area contributed by atoms with Crippen LogP contribution in [0.25, 0.3) is 0 Å². The van der Waals surface area contributed by atoms with Gasteiger partial charge in [-0.15, -0.1) is 35.7 Å². The molecule has 2 aromatic rings. The number of aryl methyl sites for hydroxylation is 1. The molecule has 0 saturated carbocycles. The van der Waals surface area contributed by atoms with Crippen LogP contribution in [0.2, 0.25) is 0 Å². The average molecular weight is 538 g/mol. The first-order chi connectivity index (χ1) is 14.1. The average Bonchev–Trinajstić information content (AvgIpc) is 3.13. The number of halogens is 1. The Labute approximate surface area is 201 Å². The quantitative estimate of drug-likeness (QED) is 0.239. The third-order valence-corrected chi connectivity index (χ3v) is 5.93. The molecule has 1 fully saturated rings. The molecular weight excluding hydrogens is 507 g/mol. The van der Waals surface area contributed by atoms with Crippen LogP contribution in [-0.4, -0.2) is 36.6 Å². The van der Waals surface area contributed by atoms with E-state index in [1.807, 2.05) is 4.90 Å². The van der Waals surface area contributed by atoms with Gasteiger partial charge < -0.3 is 15.5 Å². The minimum absolute atomic E-state index is 0. The molecule has 1 aliphatic rings. The fourth-order valence-corrected chi connectivity index (χ4v) is 4.22. The summed E-state index contributed by atoms with van der Waals surface area (Å²) >= 11 is 1.77. The fourth-order valence-electron chi connectivity index (χ4n) is 3.51. The summed E-state index contributed by atoms with van der Waals surface area (Å²) in [5, 5.41) is 6.79. The summed E-state index contributed by atoms with van der Waals surface area (Å²) in [5.41, 5.74) is 4.89. The summed E-state index contributed by atoms with van der Waals surface area (Å²) in [7, 11) is 1.79. The molecule has 30 heavy (non-hydrogen) atoms. The number of guanidine groups is 1. The van der Waals surface area contributed by atoms with Crippen molar-refractivity contribution in [1.82, 2.24) is 15.5 Å². The van der Waals surface area contributed by atoms with E-state index in [9.17, 15) is 4.79 Å². The number of hydrogen-bond acceptors (Lipinski definition) is 3. The SMILES string of the molecule is CN=C(NCc1cccc(CN2CCCC2=O)c1)NCc1ccc(C)cc1SC.I. The van der Waals surface area contributed by atoms with Gasteiger partial charge in [-0.25, -0.2) is 0 Å². The lowest BCUT2D eigenvalue weighted by Crippen LogP contribution is -2.36. The first kappa shape index (κ1) is 24.5. The zero-order valence-corrected chi connectivity index (χ0v) is 21.1. The topological polar surface area (TPSA) is 56.7 Å². The Kier molecular flexibility index (Phi) is 9.97. The summed E-state index contributed by atoms with van der Waals surface area (Å²) in [6, 6.07) is 14.9. The number of amides is 1. The van der Waals surface area contributed by atoms with E-state index in [0.717, 1.165) is 25.5 Å². The van der Waals surface area contributed by atoms with Crippen molar-refractivity contribution >= 4 is 47.6 Å². The number of likely N-dealkylation sites (tertiary alicyclic amines) is 1. The maximum absolute atomic E-state index is 11.9. The standard InChI is InChI=1S/C23H30N4OS.HI/c1-17-9-10-20(21(12-17)29-3)15-26-23(24-2)25-14-18-6-4-7-19(13-18)16-27-11-5-8-22(27)28;/h4,6-7,9-10,12-13H,5,8,11,14-16H2,1-3H3,(H2,24,25,26);1H. The summed E-state index contributed by atoms with van der Waals surface area (Å²) in [6.07, 6.45) is 3.76. The molecule has 0 spiro atoms. The van der Waals surface area contributed by atoms with Crippen molar-refractivity contribution in [2.24, 2.45) is 4.99 Å². The molecule has 1 amide bonds. The van der Waals surface area contributed by atoms with Crippen molar-refractivity contribution in [2.45, 2.75) is 44.3 Å². The Morgan fingerprint density at radius 3 is 2.60 bits per heavy atom. The molecule has 5 nitrogen and oxygen atoms in total. The van der Waals surface area contributed by atoms with E-state index < -0.39 is 0 Å². The number of nitrogens with one attached hydrogen (secondary N) is 2. The van der Waals surface area contributed by atoms with Crippen LogP contribution >= 0.6 is 35.7 Å². The normalized spacial score (nSPS) is 13.9. The van der Waals surface area contributed by atoms with Gasteiger partial charge >= 0.3 is 0 Å². The highest BCUT2D eigenvalue weighted by atomic mass is 127. The van der Waals surface area contributed by atoms with Crippen LogP contribution in [0.4, 0.5) is 0 Å². The molecule has 0 unspecified atom stereocenters.